The van der Waals surface area contributed by atoms with Gasteiger partial charge in [-0.05, 0) is 19.4 Å². The maximum absolute atomic E-state index is 11.5. The summed E-state index contributed by atoms with van der Waals surface area (Å²) in [6.45, 7) is 7.11. The van der Waals surface area contributed by atoms with Crippen LogP contribution in [0.15, 0.2) is 11.0 Å². The van der Waals surface area contributed by atoms with Crippen LogP contribution in [0.5, 0.6) is 0 Å². The molecule has 0 radical (unpaired) electrons. The molecule has 4 heteroatoms. The van der Waals surface area contributed by atoms with Gasteiger partial charge >= 0.3 is 0 Å². The summed E-state index contributed by atoms with van der Waals surface area (Å²) in [5, 5.41) is 0. The number of nitrogens with one attached hydrogen (secondary N) is 1. The highest BCUT2D eigenvalue weighted by molar-refractivity contribution is 5.57. The van der Waals surface area contributed by atoms with E-state index in [0.29, 0.717) is 0 Å². The summed E-state index contributed by atoms with van der Waals surface area (Å²) in [5.74, 6) is 0. The Kier molecular flexibility index (Phi) is 2.77. The van der Waals surface area contributed by atoms with Gasteiger partial charge in [0.15, 0.2) is 0 Å². The quantitative estimate of drug-likeness (QED) is 0.743. The summed E-state index contributed by atoms with van der Waals surface area (Å²) in [6.07, 6.45) is 1.78. The highest BCUT2D eigenvalue weighted by Gasteiger charge is 2.16. The van der Waals surface area contributed by atoms with Gasteiger partial charge in [0.1, 0.15) is 0 Å². The van der Waals surface area contributed by atoms with E-state index in [-0.39, 0.29) is 5.56 Å². The first-order valence-electron chi connectivity index (χ1n) is 5.21. The zero-order chi connectivity index (χ0) is 10.8. The van der Waals surface area contributed by atoms with Gasteiger partial charge in [0.2, 0.25) is 0 Å². The number of aromatic nitrogens is 1. The second-order valence-electron chi connectivity index (χ2n) is 3.87. The normalized spacial score (nSPS) is 16.8. The third kappa shape index (κ3) is 1.90. The Hall–Kier alpha value is -1.29. The first-order valence-corrected chi connectivity index (χ1v) is 5.21. The average Bonchev–Trinajstić information content (AvgIpc) is 2.26. The van der Waals surface area contributed by atoms with Crippen LogP contribution in [0.2, 0.25) is 0 Å². The zero-order valence-corrected chi connectivity index (χ0v) is 9.17. The highest BCUT2D eigenvalue weighted by Crippen LogP contribution is 2.21. The Balaban J connectivity index is 2.41. The molecule has 0 amide bonds. The Bertz CT molecular complexity index is 406. The Morgan fingerprint density at radius 3 is 2.67 bits per heavy atom. The average molecular weight is 208 g/mol. The molecule has 0 atom stereocenters. The molecule has 1 aromatic heterocycles. The number of aryl methyl sites for hydroxylation is 1. The van der Waals surface area contributed by atoms with Crippen LogP contribution in [0.4, 0.5) is 5.69 Å². The van der Waals surface area contributed by atoms with E-state index in [9.17, 15) is 4.79 Å². The van der Waals surface area contributed by atoms with Crippen molar-refractivity contribution in [3.05, 3.63) is 27.7 Å². The minimum Gasteiger partial charge on any atom is -0.378 e. The molecule has 82 valence electrons. The van der Waals surface area contributed by atoms with E-state index < -0.39 is 0 Å². The molecule has 0 bridgehead atoms. The van der Waals surface area contributed by atoms with Gasteiger partial charge in [0, 0.05) is 30.5 Å². The van der Waals surface area contributed by atoms with Crippen molar-refractivity contribution in [3.63, 3.8) is 0 Å². The van der Waals surface area contributed by atoms with Crippen molar-refractivity contribution in [1.29, 1.82) is 0 Å². The van der Waals surface area contributed by atoms with E-state index >= 15 is 0 Å². The van der Waals surface area contributed by atoms with Gasteiger partial charge in [-0.15, -0.1) is 0 Å². The van der Waals surface area contributed by atoms with Gasteiger partial charge in [-0.1, -0.05) is 0 Å². The van der Waals surface area contributed by atoms with Crippen molar-refractivity contribution in [2.45, 2.75) is 13.8 Å². The summed E-state index contributed by atoms with van der Waals surface area (Å²) in [6, 6.07) is 0. The summed E-state index contributed by atoms with van der Waals surface area (Å²) >= 11 is 0. The second-order valence-corrected chi connectivity index (χ2v) is 3.87. The number of anilines is 1. The third-order valence-electron chi connectivity index (χ3n) is 2.82. The smallest absolute Gasteiger partial charge is 0.252 e. The fraction of sp³-hybridized carbons (Fsp3) is 0.545. The molecule has 0 saturated carbocycles. The number of aromatic amines is 1. The SMILES string of the molecule is Cc1c[nH]c(=O)c(C)c1N1CCOCC1. The molecule has 0 aliphatic carbocycles. The largest absolute Gasteiger partial charge is 0.378 e. The summed E-state index contributed by atoms with van der Waals surface area (Å²) in [5.41, 5.74) is 3.00. The standard InChI is InChI=1S/C11H16N2O2/c1-8-7-12-11(14)9(2)10(8)13-3-5-15-6-4-13/h7H,3-6H2,1-2H3,(H,12,14). The van der Waals surface area contributed by atoms with Crippen molar-refractivity contribution in [1.82, 2.24) is 4.98 Å². The molecule has 1 aliphatic heterocycles. The van der Waals surface area contributed by atoms with Crippen LogP contribution in [-0.4, -0.2) is 31.3 Å². The van der Waals surface area contributed by atoms with Crippen LogP contribution in [0.1, 0.15) is 11.1 Å². The number of hydrogen-bond donors (Lipinski definition) is 1. The predicted molar refractivity (Wildman–Crippen MR) is 59.6 cm³/mol. The number of morpholine rings is 1. The Labute approximate surface area is 88.9 Å². The van der Waals surface area contributed by atoms with E-state index in [4.69, 9.17) is 4.74 Å². The van der Waals surface area contributed by atoms with Crippen LogP contribution >= 0.6 is 0 Å². The van der Waals surface area contributed by atoms with E-state index in [1.807, 2.05) is 13.8 Å². The molecule has 2 rings (SSSR count). The maximum atomic E-state index is 11.5. The summed E-state index contributed by atoms with van der Waals surface area (Å²) in [4.78, 5) is 16.5. The monoisotopic (exact) mass is 208 g/mol. The molecule has 15 heavy (non-hydrogen) atoms. The zero-order valence-electron chi connectivity index (χ0n) is 9.17. The molecule has 2 heterocycles. The molecule has 1 aliphatic rings. The van der Waals surface area contributed by atoms with Crippen molar-refractivity contribution in [3.8, 4) is 0 Å². The molecule has 0 aromatic carbocycles. The minimum absolute atomic E-state index is 0.00194. The van der Waals surface area contributed by atoms with Gasteiger partial charge in [-0.25, -0.2) is 0 Å². The molecule has 0 unspecified atom stereocenters. The van der Waals surface area contributed by atoms with Gasteiger partial charge in [-0.3, -0.25) is 4.79 Å². The molecule has 1 aromatic rings. The Morgan fingerprint density at radius 2 is 2.00 bits per heavy atom. The predicted octanol–water partition coefficient (Wildman–Crippen LogP) is 0.828. The molecule has 1 N–H and O–H groups in total. The number of nitrogens with zero attached hydrogens (tertiary/aromatic N) is 1. The number of pyridine rings is 1. The molecule has 4 nitrogen and oxygen atoms in total. The van der Waals surface area contributed by atoms with Crippen molar-refractivity contribution in [2.75, 3.05) is 31.2 Å². The summed E-state index contributed by atoms with van der Waals surface area (Å²) < 4.78 is 5.30. The molecule has 1 saturated heterocycles. The van der Waals surface area contributed by atoms with Crippen molar-refractivity contribution >= 4 is 5.69 Å². The molecular formula is C11H16N2O2. The second kappa shape index (κ2) is 4.06. The van der Waals surface area contributed by atoms with Crippen LogP contribution in [0.25, 0.3) is 0 Å². The van der Waals surface area contributed by atoms with E-state index in [1.165, 1.54) is 0 Å². The van der Waals surface area contributed by atoms with Crippen LogP contribution in [0.3, 0.4) is 0 Å². The van der Waals surface area contributed by atoms with Crippen LogP contribution in [-0.2, 0) is 4.74 Å². The van der Waals surface area contributed by atoms with Gasteiger partial charge < -0.3 is 14.6 Å². The lowest BCUT2D eigenvalue weighted by Gasteiger charge is -2.31. The number of hydrogen-bond acceptors (Lipinski definition) is 3. The molecule has 0 spiro atoms. The van der Waals surface area contributed by atoms with Crippen molar-refractivity contribution in [2.24, 2.45) is 0 Å². The first-order chi connectivity index (χ1) is 7.20. The fourth-order valence-corrected chi connectivity index (χ4v) is 2.03. The van der Waals surface area contributed by atoms with Gasteiger partial charge in [0.25, 0.3) is 5.56 Å². The fourth-order valence-electron chi connectivity index (χ4n) is 2.03. The van der Waals surface area contributed by atoms with Gasteiger partial charge in [-0.2, -0.15) is 0 Å². The van der Waals surface area contributed by atoms with E-state index in [1.54, 1.807) is 6.20 Å². The number of H-pyrrole nitrogens is 1. The summed E-state index contributed by atoms with van der Waals surface area (Å²) in [7, 11) is 0. The lowest BCUT2D eigenvalue weighted by atomic mass is 10.1. The topological polar surface area (TPSA) is 45.3 Å². The number of ether oxygens (including phenoxy) is 1. The van der Waals surface area contributed by atoms with Crippen molar-refractivity contribution < 1.29 is 4.74 Å². The molecule has 1 fully saturated rings. The lowest BCUT2D eigenvalue weighted by molar-refractivity contribution is 0.122. The molecular weight excluding hydrogens is 192 g/mol. The maximum Gasteiger partial charge on any atom is 0.252 e. The van der Waals surface area contributed by atoms with E-state index in [0.717, 1.165) is 43.1 Å². The lowest BCUT2D eigenvalue weighted by Crippen LogP contribution is -2.38. The Morgan fingerprint density at radius 1 is 1.33 bits per heavy atom. The third-order valence-corrected chi connectivity index (χ3v) is 2.82. The van der Waals surface area contributed by atoms with Crippen LogP contribution in [0, 0.1) is 13.8 Å². The highest BCUT2D eigenvalue weighted by atomic mass is 16.5. The van der Waals surface area contributed by atoms with E-state index in [2.05, 4.69) is 9.88 Å². The first kappa shape index (κ1) is 10.2. The number of rotatable bonds is 1. The van der Waals surface area contributed by atoms with Crippen LogP contribution < -0.4 is 10.5 Å². The minimum atomic E-state index is 0.00194. The van der Waals surface area contributed by atoms with Gasteiger partial charge in [0.05, 0.1) is 13.2 Å².